The van der Waals surface area contributed by atoms with Gasteiger partial charge in [0.05, 0.1) is 13.2 Å². The summed E-state index contributed by atoms with van der Waals surface area (Å²) in [5, 5.41) is 10.2. The highest BCUT2D eigenvalue weighted by molar-refractivity contribution is 5.94. The Balaban J connectivity index is 0.000000479. The lowest BCUT2D eigenvalue weighted by Crippen LogP contribution is -2.38. The summed E-state index contributed by atoms with van der Waals surface area (Å²) in [6.45, 7) is 6.15. The van der Waals surface area contributed by atoms with Gasteiger partial charge in [-0.15, -0.1) is 0 Å². The van der Waals surface area contributed by atoms with Crippen molar-refractivity contribution in [3.05, 3.63) is 30.4 Å². The summed E-state index contributed by atoms with van der Waals surface area (Å²) >= 11 is 0. The predicted octanol–water partition coefficient (Wildman–Crippen LogP) is 2.51. The largest absolute Gasteiger partial charge is 0.490 e. The Hall–Kier alpha value is -3.19. The summed E-state index contributed by atoms with van der Waals surface area (Å²) < 4.78 is 39.2. The average Bonchev–Trinajstić information content (AvgIpc) is 3.58. The van der Waals surface area contributed by atoms with E-state index in [9.17, 15) is 18.0 Å². The van der Waals surface area contributed by atoms with E-state index >= 15 is 0 Å². The molecule has 204 valence electrons. The van der Waals surface area contributed by atoms with Gasteiger partial charge in [-0.1, -0.05) is 0 Å². The van der Waals surface area contributed by atoms with E-state index in [1.54, 1.807) is 0 Å². The van der Waals surface area contributed by atoms with Crippen LogP contribution >= 0.6 is 0 Å². The number of ether oxygens (including phenoxy) is 1. The van der Waals surface area contributed by atoms with E-state index in [0.29, 0.717) is 18.4 Å². The Kier molecular flexibility index (Phi) is 9.86. The predicted molar refractivity (Wildman–Crippen MR) is 130 cm³/mol. The molecule has 0 radical (unpaired) electrons. The zero-order valence-electron chi connectivity index (χ0n) is 21.0. The maximum absolute atomic E-state index is 12.9. The molecule has 3 heterocycles. The molecule has 1 aliphatic heterocycles. The smallest absolute Gasteiger partial charge is 0.475 e. The molecule has 4 rings (SSSR count). The minimum absolute atomic E-state index is 0.00490. The van der Waals surface area contributed by atoms with Gasteiger partial charge in [0.2, 0.25) is 5.95 Å². The van der Waals surface area contributed by atoms with Crippen molar-refractivity contribution < 1.29 is 32.6 Å². The topological polar surface area (TPSA) is 113 Å². The van der Waals surface area contributed by atoms with Crippen molar-refractivity contribution in [3.8, 4) is 11.1 Å². The number of aliphatic carboxylic acids is 1. The standard InChI is InChI=1S/C22H32N6O2.C2HF3O2/c1-26(2)22-24-13-19(14-25-22)18-12-20(28(16-18)15-17-4-5-17)21(29)23-6-3-7-27-8-10-30-11-9-27;3-2(4,5)1(6)7/h12-14,16-17H,3-11,15H2,1-2H3,(H,23,29);(H,6,7). The number of halogens is 3. The lowest BCUT2D eigenvalue weighted by atomic mass is 10.2. The third-order valence-electron chi connectivity index (χ3n) is 5.94. The Bertz CT molecular complexity index is 1030. The van der Waals surface area contributed by atoms with Crippen LogP contribution in [0.2, 0.25) is 0 Å². The molecule has 0 bridgehead atoms. The van der Waals surface area contributed by atoms with E-state index in [2.05, 4.69) is 30.9 Å². The molecular weight excluding hydrogens is 493 g/mol. The van der Waals surface area contributed by atoms with Crippen molar-refractivity contribution in [3.63, 3.8) is 0 Å². The summed E-state index contributed by atoms with van der Waals surface area (Å²) in [5.74, 6) is -1.40. The number of nitrogens with one attached hydrogen (secondary N) is 1. The summed E-state index contributed by atoms with van der Waals surface area (Å²) in [5.41, 5.74) is 2.64. The molecule has 2 aliphatic rings. The number of anilines is 1. The molecule has 2 aromatic rings. The van der Waals surface area contributed by atoms with E-state index in [1.807, 2.05) is 37.5 Å². The van der Waals surface area contributed by atoms with Crippen LogP contribution in [0.1, 0.15) is 29.8 Å². The van der Waals surface area contributed by atoms with Crippen LogP contribution < -0.4 is 10.2 Å². The normalized spacial score (nSPS) is 16.0. The molecule has 0 aromatic carbocycles. The molecule has 0 spiro atoms. The molecule has 1 saturated carbocycles. The van der Waals surface area contributed by atoms with E-state index in [4.69, 9.17) is 14.6 Å². The molecule has 2 aromatic heterocycles. The number of amides is 1. The van der Waals surface area contributed by atoms with Crippen LogP contribution in [0.25, 0.3) is 11.1 Å². The summed E-state index contributed by atoms with van der Waals surface area (Å²) in [6, 6.07) is 1.97. The van der Waals surface area contributed by atoms with E-state index in [0.717, 1.165) is 62.6 Å². The minimum Gasteiger partial charge on any atom is -0.475 e. The SMILES string of the molecule is CN(C)c1ncc(-c2cc(C(=O)NCCCN3CCOCC3)n(CC3CC3)c2)cn1.O=C(O)C(F)(F)F. The quantitative estimate of drug-likeness (QED) is 0.480. The number of carbonyl (C=O) groups is 2. The molecule has 37 heavy (non-hydrogen) atoms. The average molecular weight is 527 g/mol. The van der Waals surface area contributed by atoms with Gasteiger partial charge in [-0.2, -0.15) is 13.2 Å². The number of alkyl halides is 3. The lowest BCUT2D eigenvalue weighted by molar-refractivity contribution is -0.192. The molecule has 13 heteroatoms. The fraction of sp³-hybridized carbons (Fsp3) is 0.583. The third kappa shape index (κ3) is 9.01. The van der Waals surface area contributed by atoms with E-state index in [1.165, 1.54) is 12.8 Å². The molecule has 0 atom stereocenters. The molecule has 1 amide bonds. The Morgan fingerprint density at radius 3 is 2.32 bits per heavy atom. The van der Waals surface area contributed by atoms with Gasteiger partial charge in [0.1, 0.15) is 5.69 Å². The van der Waals surface area contributed by atoms with Crippen LogP contribution in [0.15, 0.2) is 24.7 Å². The molecule has 2 fully saturated rings. The number of morpholine rings is 1. The summed E-state index contributed by atoms with van der Waals surface area (Å²) in [4.78, 5) is 34.9. The number of carboxylic acid groups (broad SMARTS) is 1. The Morgan fingerprint density at radius 1 is 1.16 bits per heavy atom. The monoisotopic (exact) mass is 526 g/mol. The Labute approximate surface area is 213 Å². The van der Waals surface area contributed by atoms with Gasteiger partial charge in [-0.3, -0.25) is 9.69 Å². The van der Waals surface area contributed by atoms with Gasteiger partial charge in [0, 0.05) is 70.0 Å². The molecule has 10 nitrogen and oxygen atoms in total. The molecule has 1 aliphatic carbocycles. The number of hydrogen-bond donors (Lipinski definition) is 2. The van der Waals surface area contributed by atoms with Crippen LogP contribution in [0, 0.1) is 5.92 Å². The third-order valence-corrected chi connectivity index (χ3v) is 5.94. The van der Waals surface area contributed by atoms with Crippen molar-refractivity contribution in [2.75, 3.05) is 58.4 Å². The highest BCUT2D eigenvalue weighted by Crippen LogP contribution is 2.32. The zero-order valence-corrected chi connectivity index (χ0v) is 21.0. The van der Waals surface area contributed by atoms with Crippen molar-refractivity contribution in [2.45, 2.75) is 32.0 Å². The molecule has 0 unspecified atom stereocenters. The first-order valence-corrected chi connectivity index (χ1v) is 12.1. The van der Waals surface area contributed by atoms with Crippen molar-refractivity contribution in [1.82, 2.24) is 24.8 Å². The van der Waals surface area contributed by atoms with Crippen LogP contribution in [-0.4, -0.2) is 96.1 Å². The number of rotatable bonds is 9. The van der Waals surface area contributed by atoms with E-state index < -0.39 is 12.1 Å². The summed E-state index contributed by atoms with van der Waals surface area (Å²) in [7, 11) is 3.84. The lowest BCUT2D eigenvalue weighted by Gasteiger charge is -2.26. The van der Waals surface area contributed by atoms with E-state index in [-0.39, 0.29) is 5.91 Å². The van der Waals surface area contributed by atoms with Crippen LogP contribution in [0.3, 0.4) is 0 Å². The van der Waals surface area contributed by atoms with Gasteiger partial charge >= 0.3 is 12.1 Å². The number of carboxylic acids is 1. The fourth-order valence-electron chi connectivity index (χ4n) is 3.71. The van der Waals surface area contributed by atoms with Gasteiger partial charge < -0.3 is 24.6 Å². The maximum Gasteiger partial charge on any atom is 0.490 e. The first kappa shape index (κ1) is 28.4. The highest BCUT2D eigenvalue weighted by Gasteiger charge is 2.38. The van der Waals surface area contributed by atoms with Gasteiger partial charge in [0.25, 0.3) is 5.91 Å². The number of carbonyl (C=O) groups excluding carboxylic acids is 1. The van der Waals surface area contributed by atoms with Crippen LogP contribution in [0.4, 0.5) is 19.1 Å². The number of hydrogen-bond acceptors (Lipinski definition) is 7. The highest BCUT2D eigenvalue weighted by atomic mass is 19.4. The number of aromatic nitrogens is 3. The minimum atomic E-state index is -5.08. The van der Waals surface area contributed by atoms with Gasteiger partial charge in [0.15, 0.2) is 0 Å². The number of nitrogens with zero attached hydrogens (tertiary/aromatic N) is 5. The fourth-order valence-corrected chi connectivity index (χ4v) is 3.71. The first-order chi connectivity index (χ1) is 17.5. The molecule has 1 saturated heterocycles. The Morgan fingerprint density at radius 2 is 1.78 bits per heavy atom. The van der Waals surface area contributed by atoms with Crippen molar-refractivity contribution in [1.29, 1.82) is 0 Å². The van der Waals surface area contributed by atoms with Crippen LogP contribution in [0.5, 0.6) is 0 Å². The zero-order chi connectivity index (χ0) is 27.0. The molecule has 2 N–H and O–H groups in total. The second kappa shape index (κ2) is 12.9. The summed E-state index contributed by atoms with van der Waals surface area (Å²) in [6.07, 6.45) is 4.06. The maximum atomic E-state index is 12.9. The van der Waals surface area contributed by atoms with Crippen LogP contribution in [-0.2, 0) is 16.1 Å². The second-order valence-electron chi connectivity index (χ2n) is 9.24. The van der Waals surface area contributed by atoms with Gasteiger partial charge in [-0.25, -0.2) is 14.8 Å². The van der Waals surface area contributed by atoms with Gasteiger partial charge in [-0.05, 0) is 37.8 Å². The van der Waals surface area contributed by atoms with Crippen molar-refractivity contribution in [2.24, 2.45) is 5.92 Å². The second-order valence-corrected chi connectivity index (χ2v) is 9.24. The van der Waals surface area contributed by atoms with Crippen molar-refractivity contribution >= 4 is 17.8 Å². The molecular formula is C24H33F3N6O4. The first-order valence-electron chi connectivity index (χ1n) is 12.1.